The van der Waals surface area contributed by atoms with Gasteiger partial charge in [-0.3, -0.25) is 19.2 Å². The van der Waals surface area contributed by atoms with Crippen molar-refractivity contribution in [2.75, 3.05) is 55.4 Å². The van der Waals surface area contributed by atoms with E-state index in [1.54, 1.807) is 42.3 Å². The minimum absolute atomic E-state index is 0.00725. The molecule has 0 saturated heterocycles. The molecule has 0 aromatic carbocycles. The zero-order valence-electron chi connectivity index (χ0n) is 18.6. The van der Waals surface area contributed by atoms with Crippen molar-refractivity contribution < 1.29 is 48.6 Å². The molecule has 0 aliphatic rings. The number of carboxylic acids is 2. The van der Waals surface area contributed by atoms with Crippen LogP contribution in [0.15, 0.2) is 0 Å². The van der Waals surface area contributed by atoms with E-state index in [-0.39, 0.29) is 28.5 Å². The fraction of sp³-hybridized carbons (Fsp3) is 0.789. The maximum Gasteiger partial charge on any atom is 0.317 e. The van der Waals surface area contributed by atoms with Gasteiger partial charge in [0.15, 0.2) is 5.78 Å². The van der Waals surface area contributed by atoms with Crippen LogP contribution in [0.25, 0.3) is 0 Å². The zero-order chi connectivity index (χ0) is 24.0. The van der Waals surface area contributed by atoms with Gasteiger partial charge in [0.1, 0.15) is 42.9 Å². The predicted octanol–water partition coefficient (Wildman–Crippen LogP) is -2.23. The number of nitrogens with zero attached hydrogens (tertiary/aromatic N) is 2. The maximum atomic E-state index is 12.5. The third kappa shape index (κ3) is 9.72. The number of Topliss-reactive ketones (excluding diaryl/α,β-unsaturated/α-hetero) is 2. The third-order valence-electron chi connectivity index (χ3n) is 4.49. The summed E-state index contributed by atoms with van der Waals surface area (Å²) >= 11 is 0. The number of nitrogens with two attached hydrogens (primary N) is 1. The lowest BCUT2D eigenvalue weighted by Crippen LogP contribution is -2.51. The van der Waals surface area contributed by atoms with Crippen LogP contribution in [0.5, 0.6) is 0 Å². The van der Waals surface area contributed by atoms with Crippen LogP contribution in [-0.4, -0.2) is 127 Å². The lowest BCUT2D eigenvalue weighted by atomic mass is 9.88. The Labute approximate surface area is 176 Å². The lowest BCUT2D eigenvalue weighted by Gasteiger charge is -2.30. The third-order valence-corrected chi connectivity index (χ3v) is 4.49. The topological polar surface area (TPSA) is 175 Å². The molecule has 0 bridgehead atoms. The number of ketones is 2. The fourth-order valence-corrected chi connectivity index (χ4v) is 3.15. The van der Waals surface area contributed by atoms with Crippen molar-refractivity contribution in [2.45, 2.75) is 31.1 Å². The second-order valence-corrected chi connectivity index (χ2v) is 9.73. The molecular formula is C19H37N3O8+2. The molecule has 11 heteroatoms. The number of hydrogen-bond donors (Lipinski definition) is 5. The van der Waals surface area contributed by atoms with Gasteiger partial charge in [0, 0.05) is 6.42 Å². The Kier molecular flexibility index (Phi) is 10.2. The molecular weight excluding hydrogens is 398 g/mol. The number of aliphatic carboxylic acids is 2. The van der Waals surface area contributed by atoms with E-state index in [9.17, 15) is 39.6 Å². The van der Waals surface area contributed by atoms with Crippen molar-refractivity contribution in [1.82, 2.24) is 0 Å². The molecule has 5 unspecified atom stereocenters. The highest BCUT2D eigenvalue weighted by atomic mass is 16.4. The Morgan fingerprint density at radius 1 is 0.767 bits per heavy atom. The van der Waals surface area contributed by atoms with Gasteiger partial charge in [0.05, 0.1) is 48.3 Å². The average Bonchev–Trinajstić information content (AvgIpc) is 2.48. The summed E-state index contributed by atoms with van der Waals surface area (Å²) in [6, 6.07) is -1.37. The molecule has 0 rings (SSSR count). The number of carbonyl (C=O) groups excluding carboxylic acids is 2. The Bertz CT molecular complexity index is 639. The van der Waals surface area contributed by atoms with Crippen molar-refractivity contribution in [1.29, 1.82) is 0 Å². The molecule has 0 saturated carbocycles. The molecule has 174 valence electrons. The first-order chi connectivity index (χ1) is 13.4. The monoisotopic (exact) mass is 435 g/mol. The highest BCUT2D eigenvalue weighted by Crippen LogP contribution is 2.17. The lowest BCUT2D eigenvalue weighted by molar-refractivity contribution is -0.873. The second-order valence-electron chi connectivity index (χ2n) is 9.73. The number of carbonyl (C=O) groups is 4. The first-order valence-corrected chi connectivity index (χ1v) is 9.62. The van der Waals surface area contributed by atoms with Gasteiger partial charge in [0.25, 0.3) is 0 Å². The number of rotatable bonds is 14. The van der Waals surface area contributed by atoms with Gasteiger partial charge in [-0.1, -0.05) is 0 Å². The molecule has 0 aliphatic heterocycles. The molecule has 5 atom stereocenters. The van der Waals surface area contributed by atoms with Gasteiger partial charge in [0.2, 0.25) is 0 Å². The SMILES string of the molecule is C[N+](C)(C)CC(O)C(C(=O)O)C(=O)CCC(N)C(=O)C(C(=O)O)C(O)C[N+](C)(C)C. The van der Waals surface area contributed by atoms with Crippen molar-refractivity contribution in [2.24, 2.45) is 17.6 Å². The maximum absolute atomic E-state index is 12.5. The summed E-state index contributed by atoms with van der Waals surface area (Å²) in [4.78, 5) is 47.9. The van der Waals surface area contributed by atoms with E-state index in [1.165, 1.54) is 0 Å². The van der Waals surface area contributed by atoms with E-state index >= 15 is 0 Å². The molecule has 30 heavy (non-hydrogen) atoms. The molecule has 0 heterocycles. The van der Waals surface area contributed by atoms with Crippen molar-refractivity contribution in [3.63, 3.8) is 0 Å². The van der Waals surface area contributed by atoms with Crippen molar-refractivity contribution in [3.05, 3.63) is 0 Å². The van der Waals surface area contributed by atoms with Crippen molar-refractivity contribution >= 4 is 23.5 Å². The standard InChI is InChI=1S/C19H35N3O8/c1-21(2,3)9-13(24)15(18(27)28)12(23)8-7-11(20)17(26)16(19(29)30)14(25)10-22(4,5)6/h11,13-16,24-25H,7-10,20H2,1-6H3/p+2. The van der Waals surface area contributed by atoms with E-state index < -0.39 is 60.0 Å². The van der Waals surface area contributed by atoms with Gasteiger partial charge < -0.3 is 35.1 Å². The number of aliphatic hydroxyl groups excluding tert-OH is 2. The molecule has 0 amide bonds. The van der Waals surface area contributed by atoms with Gasteiger partial charge in [-0.2, -0.15) is 0 Å². The van der Waals surface area contributed by atoms with Crippen LogP contribution in [0.1, 0.15) is 12.8 Å². The summed E-state index contributed by atoms with van der Waals surface area (Å²) in [7, 11) is 10.4. The molecule has 6 N–H and O–H groups in total. The van der Waals surface area contributed by atoms with E-state index in [0.29, 0.717) is 0 Å². The van der Waals surface area contributed by atoms with Crippen LogP contribution in [-0.2, 0) is 19.2 Å². The highest BCUT2D eigenvalue weighted by molar-refractivity contribution is 6.02. The number of likely N-dealkylation sites (N-methyl/N-ethyl adjacent to an activating group) is 2. The Hall–Kier alpha value is -1.92. The summed E-state index contributed by atoms with van der Waals surface area (Å²) in [6.45, 7) is 0.0126. The minimum Gasteiger partial charge on any atom is -0.481 e. The zero-order valence-corrected chi connectivity index (χ0v) is 18.6. The summed E-state index contributed by atoms with van der Waals surface area (Å²) in [5.74, 6) is -8.18. The van der Waals surface area contributed by atoms with Crippen LogP contribution in [0.4, 0.5) is 0 Å². The van der Waals surface area contributed by atoms with E-state index in [0.717, 1.165) is 0 Å². The first kappa shape index (κ1) is 28.1. The minimum atomic E-state index is -1.76. The predicted molar refractivity (Wildman–Crippen MR) is 107 cm³/mol. The normalized spacial score (nSPS) is 17.5. The van der Waals surface area contributed by atoms with E-state index in [2.05, 4.69) is 0 Å². The molecule has 0 aromatic rings. The Morgan fingerprint density at radius 3 is 1.47 bits per heavy atom. The first-order valence-electron chi connectivity index (χ1n) is 9.62. The summed E-state index contributed by atoms with van der Waals surface area (Å²) < 4.78 is 0.455. The summed E-state index contributed by atoms with van der Waals surface area (Å²) in [6.07, 6.45) is -3.62. The number of hydrogen-bond acceptors (Lipinski definition) is 7. The molecule has 11 nitrogen and oxygen atoms in total. The van der Waals surface area contributed by atoms with Crippen LogP contribution in [0, 0.1) is 11.8 Å². The van der Waals surface area contributed by atoms with Crippen LogP contribution in [0.2, 0.25) is 0 Å². The highest BCUT2D eigenvalue weighted by Gasteiger charge is 2.40. The van der Waals surface area contributed by atoms with Gasteiger partial charge in [-0.25, -0.2) is 0 Å². The van der Waals surface area contributed by atoms with Gasteiger partial charge in [-0.05, 0) is 6.42 Å². The fourth-order valence-electron chi connectivity index (χ4n) is 3.15. The van der Waals surface area contributed by atoms with Gasteiger partial charge >= 0.3 is 11.9 Å². The molecule has 0 spiro atoms. The number of aliphatic hydroxyl groups is 2. The van der Waals surface area contributed by atoms with E-state index in [4.69, 9.17) is 5.73 Å². The Morgan fingerprint density at radius 2 is 1.13 bits per heavy atom. The van der Waals surface area contributed by atoms with Crippen LogP contribution >= 0.6 is 0 Å². The molecule has 0 fully saturated rings. The number of carboxylic acid groups (broad SMARTS) is 2. The van der Waals surface area contributed by atoms with Crippen LogP contribution in [0.3, 0.4) is 0 Å². The van der Waals surface area contributed by atoms with Crippen LogP contribution < -0.4 is 5.73 Å². The summed E-state index contributed by atoms with van der Waals surface area (Å²) in [5, 5.41) is 39.1. The van der Waals surface area contributed by atoms with Gasteiger partial charge in [-0.15, -0.1) is 0 Å². The Balaban J connectivity index is 5.19. The summed E-state index contributed by atoms with van der Waals surface area (Å²) in [5.41, 5.74) is 5.77. The molecule has 0 radical (unpaired) electrons. The largest absolute Gasteiger partial charge is 0.481 e. The molecule has 0 aromatic heterocycles. The van der Waals surface area contributed by atoms with Crippen molar-refractivity contribution in [3.8, 4) is 0 Å². The quantitative estimate of drug-likeness (QED) is 0.149. The number of quaternary nitrogens is 2. The smallest absolute Gasteiger partial charge is 0.317 e. The molecule has 0 aliphatic carbocycles. The van der Waals surface area contributed by atoms with E-state index in [1.807, 2.05) is 0 Å². The average molecular weight is 436 g/mol. The second kappa shape index (κ2) is 10.9.